The van der Waals surface area contributed by atoms with Crippen molar-refractivity contribution in [2.24, 2.45) is 0 Å². The first-order valence-electron chi connectivity index (χ1n) is 5.58. The predicted octanol–water partition coefficient (Wildman–Crippen LogP) is 3.03. The van der Waals surface area contributed by atoms with Crippen molar-refractivity contribution in [2.75, 3.05) is 0 Å². The van der Waals surface area contributed by atoms with Crippen LogP contribution < -0.4 is 0 Å². The molecule has 0 atom stereocenters. The Morgan fingerprint density at radius 3 is 2.88 bits per heavy atom. The predicted molar refractivity (Wildman–Crippen MR) is 69.5 cm³/mol. The molecule has 0 saturated heterocycles. The van der Waals surface area contributed by atoms with Gasteiger partial charge in [-0.25, -0.2) is 0 Å². The molecule has 2 aromatic rings. The topological polar surface area (TPSA) is 53.8 Å². The lowest BCUT2D eigenvalue weighted by atomic mass is 10.1. The van der Waals surface area contributed by atoms with E-state index in [9.17, 15) is 5.11 Å². The number of aromatic nitrogens is 3. The number of H-pyrrole nitrogens is 1. The van der Waals surface area contributed by atoms with E-state index in [1.165, 1.54) is 0 Å². The van der Waals surface area contributed by atoms with Crippen LogP contribution in [0, 0.1) is 11.7 Å². The third-order valence-electron chi connectivity index (χ3n) is 2.67. The second-order valence-corrected chi connectivity index (χ2v) is 4.39. The van der Waals surface area contributed by atoms with Crippen LogP contribution in [0.25, 0.3) is 11.4 Å². The molecule has 0 saturated carbocycles. The van der Waals surface area contributed by atoms with Gasteiger partial charge in [0.25, 0.3) is 0 Å². The fourth-order valence-electron chi connectivity index (χ4n) is 1.72. The maximum atomic E-state index is 9.72. The lowest BCUT2D eigenvalue weighted by Gasteiger charge is -2.06. The minimum absolute atomic E-state index is 0.277. The molecule has 0 aliphatic heterocycles. The van der Waals surface area contributed by atoms with Gasteiger partial charge >= 0.3 is 0 Å². The fraction of sp³-hybridized carbons (Fsp3) is 0.333. The lowest BCUT2D eigenvalue weighted by Crippen LogP contribution is -1.99. The Balaban J connectivity index is 2.52. The number of hydrogen-bond donors (Lipinski definition) is 2. The molecule has 5 heteroatoms. The zero-order valence-electron chi connectivity index (χ0n) is 9.90. The highest BCUT2D eigenvalue weighted by molar-refractivity contribution is 7.71. The van der Waals surface area contributed by atoms with Crippen LogP contribution in [0.2, 0.25) is 0 Å². The average Bonchev–Trinajstić information content (AvgIpc) is 2.66. The fourth-order valence-corrected chi connectivity index (χ4v) is 1.94. The monoisotopic (exact) mass is 249 g/mol. The van der Waals surface area contributed by atoms with E-state index in [4.69, 9.17) is 12.2 Å². The molecular weight excluding hydrogens is 234 g/mol. The zero-order valence-corrected chi connectivity index (χ0v) is 10.7. The summed E-state index contributed by atoms with van der Waals surface area (Å²) in [5.74, 6) is 1.05. The van der Waals surface area contributed by atoms with Gasteiger partial charge in [0.1, 0.15) is 5.75 Å². The molecule has 90 valence electrons. The maximum Gasteiger partial charge on any atom is 0.195 e. The molecule has 0 radical (unpaired) electrons. The Bertz CT molecular complexity index is 586. The molecule has 1 heterocycles. The smallest absolute Gasteiger partial charge is 0.195 e. The molecule has 0 fully saturated rings. The Kier molecular flexibility index (Phi) is 3.28. The van der Waals surface area contributed by atoms with Crippen LogP contribution in [-0.4, -0.2) is 19.9 Å². The summed E-state index contributed by atoms with van der Waals surface area (Å²) < 4.78 is 2.56. The van der Waals surface area contributed by atoms with E-state index in [1.807, 2.05) is 23.6 Å². The van der Waals surface area contributed by atoms with Gasteiger partial charge in [0, 0.05) is 12.1 Å². The number of rotatable bonds is 3. The van der Waals surface area contributed by atoms with Crippen LogP contribution in [0.3, 0.4) is 0 Å². The van der Waals surface area contributed by atoms with Gasteiger partial charge in [-0.3, -0.25) is 5.10 Å². The zero-order chi connectivity index (χ0) is 12.4. The minimum Gasteiger partial charge on any atom is -0.508 e. The molecule has 17 heavy (non-hydrogen) atoms. The summed E-state index contributed by atoms with van der Waals surface area (Å²) in [7, 11) is 0. The number of benzene rings is 1. The third-order valence-corrected chi connectivity index (χ3v) is 2.98. The average molecular weight is 249 g/mol. The lowest BCUT2D eigenvalue weighted by molar-refractivity contribution is 0.471. The molecule has 0 aliphatic carbocycles. The van der Waals surface area contributed by atoms with Crippen molar-refractivity contribution in [3.63, 3.8) is 0 Å². The number of nitrogens with one attached hydrogen (secondary N) is 1. The van der Waals surface area contributed by atoms with Crippen LogP contribution >= 0.6 is 12.2 Å². The van der Waals surface area contributed by atoms with Crippen LogP contribution in [-0.2, 0) is 6.54 Å². The molecule has 0 amide bonds. The van der Waals surface area contributed by atoms with Crippen LogP contribution in [0.5, 0.6) is 5.75 Å². The van der Waals surface area contributed by atoms with Gasteiger partial charge in [-0.1, -0.05) is 19.1 Å². The molecule has 0 spiro atoms. The summed E-state index contributed by atoms with van der Waals surface area (Å²) in [6.45, 7) is 4.77. The first-order chi connectivity index (χ1) is 8.13. The summed E-state index contributed by atoms with van der Waals surface area (Å²) >= 11 is 5.18. The van der Waals surface area contributed by atoms with E-state index >= 15 is 0 Å². The summed E-state index contributed by atoms with van der Waals surface area (Å²) in [6, 6.07) is 5.53. The van der Waals surface area contributed by atoms with Crippen LogP contribution in [0.1, 0.15) is 18.9 Å². The van der Waals surface area contributed by atoms with Crippen molar-refractivity contribution in [1.29, 1.82) is 0 Å². The number of phenolic OH excluding ortho intramolecular Hbond substituents is 1. The molecule has 0 aliphatic rings. The molecule has 2 rings (SSSR count). The number of phenols is 1. The quantitative estimate of drug-likeness (QED) is 0.822. The Morgan fingerprint density at radius 2 is 2.24 bits per heavy atom. The van der Waals surface area contributed by atoms with E-state index in [-0.39, 0.29) is 5.75 Å². The van der Waals surface area contributed by atoms with Crippen molar-refractivity contribution in [3.05, 3.63) is 28.5 Å². The highest BCUT2D eigenvalue weighted by Gasteiger charge is 2.09. The van der Waals surface area contributed by atoms with Crippen molar-refractivity contribution in [1.82, 2.24) is 14.8 Å². The van der Waals surface area contributed by atoms with E-state index in [0.717, 1.165) is 29.9 Å². The SMILES string of the molecule is CCCn1c(-c2ccc(C)c(O)c2)n[nH]c1=S. The van der Waals surface area contributed by atoms with Gasteiger partial charge in [0.05, 0.1) is 0 Å². The summed E-state index contributed by atoms with van der Waals surface area (Å²) in [4.78, 5) is 0. The third kappa shape index (κ3) is 2.24. The maximum absolute atomic E-state index is 9.72. The molecule has 0 bridgehead atoms. The first kappa shape index (κ1) is 11.9. The summed E-state index contributed by atoms with van der Waals surface area (Å²) in [5, 5.41) is 16.7. The molecule has 1 aromatic carbocycles. The van der Waals surface area contributed by atoms with Crippen LogP contribution in [0.15, 0.2) is 18.2 Å². The standard InChI is InChI=1S/C12H15N3OS/c1-3-6-15-11(13-14-12(15)17)9-5-4-8(2)10(16)7-9/h4-5,7,16H,3,6H2,1-2H3,(H,14,17). The highest BCUT2D eigenvalue weighted by atomic mass is 32.1. The summed E-state index contributed by atoms with van der Waals surface area (Å²) in [5.41, 5.74) is 1.72. The second-order valence-electron chi connectivity index (χ2n) is 4.01. The minimum atomic E-state index is 0.277. The van der Waals surface area contributed by atoms with Crippen molar-refractivity contribution in [3.8, 4) is 17.1 Å². The van der Waals surface area contributed by atoms with Crippen molar-refractivity contribution in [2.45, 2.75) is 26.8 Å². The Labute approximate surface area is 105 Å². The van der Waals surface area contributed by atoms with Crippen molar-refractivity contribution >= 4 is 12.2 Å². The number of aryl methyl sites for hydroxylation is 1. The van der Waals surface area contributed by atoms with E-state index in [0.29, 0.717) is 4.77 Å². The number of nitrogens with zero attached hydrogens (tertiary/aromatic N) is 2. The van der Waals surface area contributed by atoms with E-state index in [1.54, 1.807) is 6.07 Å². The molecule has 2 N–H and O–H groups in total. The Hall–Kier alpha value is -1.62. The van der Waals surface area contributed by atoms with Gasteiger partial charge < -0.3 is 9.67 Å². The largest absolute Gasteiger partial charge is 0.508 e. The van der Waals surface area contributed by atoms with E-state index in [2.05, 4.69) is 17.1 Å². The molecule has 4 nitrogen and oxygen atoms in total. The molecule has 0 unspecified atom stereocenters. The summed E-state index contributed by atoms with van der Waals surface area (Å²) in [6.07, 6.45) is 0.985. The number of hydrogen-bond acceptors (Lipinski definition) is 3. The van der Waals surface area contributed by atoms with Gasteiger partial charge in [-0.2, -0.15) is 5.10 Å². The molecule has 1 aromatic heterocycles. The van der Waals surface area contributed by atoms with Gasteiger partial charge in [-0.05, 0) is 37.2 Å². The number of aromatic hydroxyl groups is 1. The van der Waals surface area contributed by atoms with E-state index < -0.39 is 0 Å². The van der Waals surface area contributed by atoms with Gasteiger partial charge in [-0.15, -0.1) is 0 Å². The van der Waals surface area contributed by atoms with Crippen molar-refractivity contribution < 1.29 is 5.11 Å². The van der Waals surface area contributed by atoms with Gasteiger partial charge in [0.15, 0.2) is 10.6 Å². The molecular formula is C12H15N3OS. The van der Waals surface area contributed by atoms with Gasteiger partial charge in [0.2, 0.25) is 0 Å². The number of aromatic amines is 1. The normalized spacial score (nSPS) is 10.7. The second kappa shape index (κ2) is 4.71. The first-order valence-corrected chi connectivity index (χ1v) is 5.99. The highest BCUT2D eigenvalue weighted by Crippen LogP contribution is 2.24. The van der Waals surface area contributed by atoms with Crippen LogP contribution in [0.4, 0.5) is 0 Å². The Morgan fingerprint density at radius 1 is 1.47 bits per heavy atom.